The number of anilines is 1. The molecule has 0 aliphatic carbocycles. The van der Waals surface area contributed by atoms with Crippen LogP contribution in [0.4, 0.5) is 5.69 Å². The second-order valence-corrected chi connectivity index (χ2v) is 9.90. The van der Waals surface area contributed by atoms with Gasteiger partial charge in [-0.15, -0.1) is 0 Å². The summed E-state index contributed by atoms with van der Waals surface area (Å²) in [4.78, 5) is 34.4. The third-order valence-electron chi connectivity index (χ3n) is 8.35. The Morgan fingerprint density at radius 3 is 1.86 bits per heavy atom. The normalized spacial score (nSPS) is 41.0. The van der Waals surface area contributed by atoms with Crippen molar-refractivity contribution in [3.8, 4) is 0 Å². The van der Waals surface area contributed by atoms with Crippen LogP contribution >= 0.6 is 0 Å². The quantitative estimate of drug-likeness (QED) is 0.808. The first-order valence-electron chi connectivity index (χ1n) is 10.7. The number of ketones is 1. The van der Waals surface area contributed by atoms with E-state index in [1.807, 2.05) is 24.0 Å². The topological polar surface area (TPSA) is 43.9 Å². The van der Waals surface area contributed by atoms with Crippen molar-refractivity contribution in [2.24, 2.45) is 22.7 Å². The largest absolute Gasteiger partial charge is 0.309 e. The van der Waals surface area contributed by atoms with Gasteiger partial charge in [-0.1, -0.05) is 45.9 Å². The van der Waals surface area contributed by atoms with Crippen LogP contribution in [0.2, 0.25) is 0 Å². The molecule has 0 saturated carbocycles. The molecule has 0 radical (unpaired) electrons. The van der Waals surface area contributed by atoms with Gasteiger partial charge in [0, 0.05) is 38.3 Å². The molecule has 6 rings (SSSR count). The lowest BCUT2D eigenvalue weighted by molar-refractivity contribution is -0.246. The number of carbonyl (C=O) groups excluding carboxylic acids is 2. The number of fused-ring (bicyclic) bond motifs is 1. The molecule has 4 fully saturated rings. The highest BCUT2D eigenvalue weighted by Crippen LogP contribution is 2.61. The Balaban J connectivity index is 1.73. The molecule has 5 heteroatoms. The van der Waals surface area contributed by atoms with Crippen molar-refractivity contribution in [2.75, 3.05) is 37.6 Å². The van der Waals surface area contributed by atoms with Crippen LogP contribution in [0.3, 0.4) is 0 Å². The zero-order valence-electron chi connectivity index (χ0n) is 17.7. The molecule has 28 heavy (non-hydrogen) atoms. The van der Waals surface area contributed by atoms with E-state index in [2.05, 4.69) is 49.6 Å². The maximum absolute atomic E-state index is 13.9. The molecule has 1 spiro atoms. The van der Waals surface area contributed by atoms with E-state index in [0.717, 1.165) is 11.3 Å². The van der Waals surface area contributed by atoms with E-state index in [1.54, 1.807) is 0 Å². The summed E-state index contributed by atoms with van der Waals surface area (Å²) in [6.07, 6.45) is 0. The molecule has 5 aliphatic rings. The summed E-state index contributed by atoms with van der Waals surface area (Å²) < 4.78 is 0. The van der Waals surface area contributed by atoms with Gasteiger partial charge in [-0.3, -0.25) is 19.4 Å². The molecule has 5 aliphatic heterocycles. The molecule has 1 amide bonds. The van der Waals surface area contributed by atoms with Crippen LogP contribution in [-0.4, -0.2) is 54.2 Å². The van der Waals surface area contributed by atoms with Gasteiger partial charge in [0.2, 0.25) is 0 Å². The van der Waals surface area contributed by atoms with E-state index in [9.17, 15) is 9.59 Å². The summed E-state index contributed by atoms with van der Waals surface area (Å²) in [5.74, 6) is 1.13. The average molecular weight is 382 g/mol. The fourth-order valence-corrected chi connectivity index (χ4v) is 6.61. The van der Waals surface area contributed by atoms with E-state index in [1.165, 1.54) is 0 Å². The second-order valence-electron chi connectivity index (χ2n) is 9.90. The standard InChI is InChI=1S/C23H31N3O2/c1-6-26-18-10-8-7-9-17(18)23(20(26)28)24-11-21(15(2)3)12-25(23)14-22(13-24,16(4)5)19(21)27/h7-10,15-16H,6,11-14H2,1-5H3. The average Bonchev–Trinajstić information content (AvgIpc) is 2.90. The molecule has 0 N–H and O–H groups in total. The molecule has 0 unspecified atom stereocenters. The van der Waals surface area contributed by atoms with Gasteiger partial charge in [0.05, 0.1) is 16.5 Å². The first-order valence-corrected chi connectivity index (χ1v) is 10.7. The van der Waals surface area contributed by atoms with E-state index in [4.69, 9.17) is 0 Å². The maximum atomic E-state index is 13.9. The number of hydrogen-bond acceptors (Lipinski definition) is 4. The van der Waals surface area contributed by atoms with Crippen molar-refractivity contribution in [3.05, 3.63) is 29.8 Å². The first kappa shape index (κ1) is 18.3. The smallest absolute Gasteiger partial charge is 0.267 e. The summed E-state index contributed by atoms with van der Waals surface area (Å²) in [7, 11) is 0. The summed E-state index contributed by atoms with van der Waals surface area (Å²) >= 11 is 0. The minimum atomic E-state index is -0.732. The molecule has 4 bridgehead atoms. The van der Waals surface area contributed by atoms with Crippen molar-refractivity contribution in [3.63, 3.8) is 0 Å². The zero-order chi connectivity index (χ0) is 20.1. The zero-order valence-corrected chi connectivity index (χ0v) is 17.7. The number of Topliss-reactive ketones (excluding diaryl/α,β-unsaturated/α-hetero) is 1. The Kier molecular flexibility index (Phi) is 3.57. The molecule has 0 atom stereocenters. The van der Waals surface area contributed by atoms with Gasteiger partial charge in [-0.25, -0.2) is 0 Å². The van der Waals surface area contributed by atoms with Crippen molar-refractivity contribution < 1.29 is 9.59 Å². The Morgan fingerprint density at radius 2 is 1.39 bits per heavy atom. The van der Waals surface area contributed by atoms with Crippen LogP contribution in [0.1, 0.15) is 40.2 Å². The molecule has 5 nitrogen and oxygen atoms in total. The maximum Gasteiger partial charge on any atom is 0.267 e. The second kappa shape index (κ2) is 5.45. The Labute approximate surface area is 167 Å². The summed E-state index contributed by atoms with van der Waals surface area (Å²) in [5.41, 5.74) is 0.656. The highest BCUT2D eigenvalue weighted by Gasteiger charge is 2.75. The fraction of sp³-hybridized carbons (Fsp3) is 0.652. The van der Waals surface area contributed by atoms with Crippen molar-refractivity contribution in [2.45, 2.75) is 40.3 Å². The number of piperidine rings is 2. The lowest BCUT2D eigenvalue weighted by Crippen LogP contribution is -2.85. The van der Waals surface area contributed by atoms with Crippen LogP contribution in [0.25, 0.3) is 0 Å². The van der Waals surface area contributed by atoms with E-state index < -0.39 is 5.66 Å². The molecular weight excluding hydrogens is 350 g/mol. The van der Waals surface area contributed by atoms with Crippen molar-refractivity contribution >= 4 is 17.4 Å². The number of para-hydroxylation sites is 1. The SMILES string of the molecule is CCN1C(=O)C2(c3ccccc31)N1CC3(C(C)C)CN2CC(C(C)C)(C1)C3=O. The van der Waals surface area contributed by atoms with E-state index in [-0.39, 0.29) is 28.6 Å². The Bertz CT molecular complexity index is 828. The molecular formula is C23H31N3O2. The fourth-order valence-electron chi connectivity index (χ4n) is 6.61. The first-order chi connectivity index (χ1) is 13.3. The molecule has 1 aromatic carbocycles. The molecule has 150 valence electrons. The van der Waals surface area contributed by atoms with Crippen LogP contribution in [0.15, 0.2) is 24.3 Å². The number of nitrogens with zero attached hydrogens (tertiary/aromatic N) is 3. The number of likely N-dealkylation sites (N-methyl/N-ethyl adjacent to an activating group) is 1. The van der Waals surface area contributed by atoms with Crippen LogP contribution < -0.4 is 4.90 Å². The molecule has 1 aromatic rings. The third kappa shape index (κ3) is 1.73. The van der Waals surface area contributed by atoms with Gasteiger partial charge in [-0.05, 0) is 24.8 Å². The predicted octanol–water partition coefficient (Wildman–Crippen LogP) is 2.70. The third-order valence-corrected chi connectivity index (χ3v) is 8.35. The number of rotatable bonds is 3. The van der Waals surface area contributed by atoms with Crippen LogP contribution in [0, 0.1) is 22.7 Å². The van der Waals surface area contributed by atoms with Crippen LogP contribution in [0.5, 0.6) is 0 Å². The van der Waals surface area contributed by atoms with Crippen LogP contribution in [-0.2, 0) is 15.3 Å². The molecule has 4 saturated heterocycles. The predicted molar refractivity (Wildman–Crippen MR) is 109 cm³/mol. The van der Waals surface area contributed by atoms with E-state index in [0.29, 0.717) is 38.5 Å². The number of benzene rings is 1. The number of hydrogen-bond donors (Lipinski definition) is 0. The van der Waals surface area contributed by atoms with Gasteiger partial charge in [0.1, 0.15) is 0 Å². The molecule has 5 heterocycles. The van der Waals surface area contributed by atoms with Gasteiger partial charge < -0.3 is 4.90 Å². The Hall–Kier alpha value is -1.72. The lowest BCUT2D eigenvalue weighted by atomic mass is 9.52. The lowest BCUT2D eigenvalue weighted by Gasteiger charge is -2.71. The summed E-state index contributed by atoms with van der Waals surface area (Å²) in [6, 6.07) is 8.25. The summed E-state index contributed by atoms with van der Waals surface area (Å²) in [5, 5.41) is 0. The summed E-state index contributed by atoms with van der Waals surface area (Å²) in [6.45, 7) is 14.2. The highest BCUT2D eigenvalue weighted by atomic mass is 16.2. The number of amides is 1. The van der Waals surface area contributed by atoms with Gasteiger partial charge in [0.25, 0.3) is 5.91 Å². The highest BCUT2D eigenvalue weighted by molar-refractivity contribution is 6.08. The van der Waals surface area contributed by atoms with E-state index >= 15 is 0 Å². The monoisotopic (exact) mass is 381 g/mol. The van der Waals surface area contributed by atoms with Gasteiger partial charge >= 0.3 is 0 Å². The van der Waals surface area contributed by atoms with Gasteiger partial charge in [0.15, 0.2) is 11.4 Å². The van der Waals surface area contributed by atoms with Crippen molar-refractivity contribution in [1.29, 1.82) is 0 Å². The van der Waals surface area contributed by atoms with Gasteiger partial charge in [-0.2, -0.15) is 0 Å². The molecule has 0 aromatic heterocycles. The Morgan fingerprint density at radius 1 is 0.893 bits per heavy atom. The minimum absolute atomic E-state index is 0.167. The number of carbonyl (C=O) groups is 2. The van der Waals surface area contributed by atoms with Crippen molar-refractivity contribution in [1.82, 2.24) is 9.80 Å². The minimum Gasteiger partial charge on any atom is -0.309 e.